The van der Waals surface area contributed by atoms with Gasteiger partial charge in [-0.25, -0.2) is 8.42 Å². The first-order chi connectivity index (χ1) is 21.1. The highest BCUT2D eigenvalue weighted by Gasteiger charge is 2.73. The Morgan fingerprint density at radius 1 is 0.800 bits per heavy atom. The van der Waals surface area contributed by atoms with Crippen molar-refractivity contribution in [3.63, 3.8) is 0 Å². The van der Waals surface area contributed by atoms with Gasteiger partial charge in [0.25, 0.3) is 0 Å². The topological polar surface area (TPSA) is 78.9 Å². The molecule has 2 aliphatic rings. The van der Waals surface area contributed by atoms with E-state index in [9.17, 15) is 13.2 Å². The molecular weight excluding hydrogens is 632 g/mol. The number of fused-ring (bicyclic) bond motifs is 2. The molecule has 244 valence electrons. The standard InChI is InChI=1S/C33H36F4O6S2/c1-31(2,3)42-30(38)22-41-28-16-10-11-17-29(28)44(25-12-6-4-7-13-25,26-14-8-5-9-15-26)43-45(39,40)33(36,37)32(34,35)27-21-23-18-19-24(27)20-23/h4-17,23-24,27H,18-22H2,1-3H3. The van der Waals surface area contributed by atoms with E-state index in [2.05, 4.69) is 0 Å². The number of esters is 1. The second kappa shape index (κ2) is 12.3. The molecule has 3 unspecified atom stereocenters. The van der Waals surface area contributed by atoms with Crippen LogP contribution in [0.25, 0.3) is 0 Å². The summed E-state index contributed by atoms with van der Waals surface area (Å²) in [6, 6.07) is 21.3. The fraction of sp³-hybridized carbons (Fsp3) is 0.424. The number of hydrogen-bond donors (Lipinski definition) is 0. The summed E-state index contributed by atoms with van der Waals surface area (Å²) in [6.07, 6.45) is 1.23. The van der Waals surface area contributed by atoms with Gasteiger partial charge >= 0.3 is 27.3 Å². The molecule has 5 rings (SSSR count). The van der Waals surface area contributed by atoms with Crippen LogP contribution in [-0.4, -0.2) is 37.8 Å². The normalized spacial score (nSPS) is 21.0. The zero-order valence-corrected chi connectivity index (χ0v) is 26.8. The lowest BCUT2D eigenvalue weighted by Crippen LogP contribution is -2.53. The molecule has 0 aliphatic heterocycles. The summed E-state index contributed by atoms with van der Waals surface area (Å²) in [7, 11) is -10.1. The molecule has 0 saturated heterocycles. The van der Waals surface area contributed by atoms with Gasteiger partial charge in [0.2, 0.25) is 0 Å². The first kappa shape index (κ1) is 33.3. The van der Waals surface area contributed by atoms with Crippen LogP contribution < -0.4 is 4.74 Å². The molecule has 12 heteroatoms. The van der Waals surface area contributed by atoms with Gasteiger partial charge in [-0.05, 0) is 98.6 Å². The highest BCUT2D eigenvalue weighted by Crippen LogP contribution is 2.73. The second-order valence-electron chi connectivity index (χ2n) is 12.4. The summed E-state index contributed by atoms with van der Waals surface area (Å²) in [6.45, 7) is 4.41. The Labute approximate surface area is 262 Å². The van der Waals surface area contributed by atoms with Crippen molar-refractivity contribution in [2.45, 2.75) is 77.9 Å². The van der Waals surface area contributed by atoms with Gasteiger partial charge in [0, 0.05) is 15.7 Å². The predicted octanol–water partition coefficient (Wildman–Crippen LogP) is 8.61. The summed E-state index contributed by atoms with van der Waals surface area (Å²) in [5.74, 6) is -8.28. The number of para-hydroxylation sites is 1. The molecule has 0 N–H and O–H groups in total. The van der Waals surface area contributed by atoms with E-state index in [1.165, 1.54) is 42.5 Å². The molecule has 0 spiro atoms. The van der Waals surface area contributed by atoms with E-state index in [0.29, 0.717) is 19.3 Å². The van der Waals surface area contributed by atoms with Crippen LogP contribution in [0.5, 0.6) is 5.75 Å². The summed E-state index contributed by atoms with van der Waals surface area (Å²) in [5, 5.41) is -5.55. The fourth-order valence-electron chi connectivity index (χ4n) is 6.29. The number of ether oxygens (including phenoxy) is 2. The number of hydrogen-bond acceptors (Lipinski definition) is 6. The third-order valence-electron chi connectivity index (χ3n) is 8.17. The molecule has 0 radical (unpaired) electrons. The minimum absolute atomic E-state index is 0.0198. The number of halogens is 4. The average molecular weight is 669 g/mol. The van der Waals surface area contributed by atoms with Crippen molar-refractivity contribution in [3.05, 3.63) is 84.9 Å². The van der Waals surface area contributed by atoms with Gasteiger partial charge in [-0.1, -0.05) is 55.0 Å². The molecule has 45 heavy (non-hydrogen) atoms. The zero-order valence-electron chi connectivity index (χ0n) is 25.1. The van der Waals surface area contributed by atoms with Gasteiger partial charge in [-0.2, -0.15) is 26.0 Å². The summed E-state index contributed by atoms with van der Waals surface area (Å²) < 4.78 is 108. The van der Waals surface area contributed by atoms with Crippen molar-refractivity contribution in [2.24, 2.45) is 17.8 Å². The van der Waals surface area contributed by atoms with Crippen LogP contribution in [0.4, 0.5) is 17.6 Å². The van der Waals surface area contributed by atoms with E-state index >= 15 is 17.6 Å². The first-order valence-electron chi connectivity index (χ1n) is 14.7. The molecule has 2 saturated carbocycles. The van der Waals surface area contributed by atoms with Crippen LogP contribution in [0.3, 0.4) is 0 Å². The Hall–Kier alpha value is -3.09. The van der Waals surface area contributed by atoms with E-state index in [4.69, 9.17) is 13.1 Å². The van der Waals surface area contributed by atoms with E-state index < -0.39 is 61.6 Å². The van der Waals surface area contributed by atoms with Gasteiger partial charge in [-0.15, -0.1) is 0 Å². The maximum Gasteiger partial charge on any atom is 0.432 e. The van der Waals surface area contributed by atoms with Crippen LogP contribution in [0.1, 0.15) is 46.5 Å². The molecule has 3 aromatic carbocycles. The molecule has 2 aliphatic carbocycles. The molecule has 0 amide bonds. The number of rotatable bonds is 11. The fourth-order valence-corrected chi connectivity index (χ4v) is 11.7. The van der Waals surface area contributed by atoms with Crippen molar-refractivity contribution >= 4 is 26.4 Å². The van der Waals surface area contributed by atoms with Crippen molar-refractivity contribution in [3.8, 4) is 5.75 Å². The van der Waals surface area contributed by atoms with Crippen molar-refractivity contribution in [1.29, 1.82) is 0 Å². The average Bonchev–Trinajstić information content (AvgIpc) is 3.64. The lowest BCUT2D eigenvalue weighted by molar-refractivity contribution is -0.202. The van der Waals surface area contributed by atoms with E-state index in [-0.39, 0.29) is 32.8 Å². The Morgan fingerprint density at radius 3 is 1.87 bits per heavy atom. The number of alkyl halides is 4. The molecule has 6 nitrogen and oxygen atoms in total. The second-order valence-corrected chi connectivity index (χ2v) is 16.9. The van der Waals surface area contributed by atoms with E-state index in [1.807, 2.05) is 0 Å². The zero-order chi connectivity index (χ0) is 32.7. The Kier molecular flexibility index (Phi) is 9.07. The van der Waals surface area contributed by atoms with Crippen molar-refractivity contribution in [2.75, 3.05) is 6.61 Å². The third-order valence-corrected chi connectivity index (χ3v) is 13.4. The Morgan fingerprint density at radius 2 is 1.36 bits per heavy atom. The van der Waals surface area contributed by atoms with Gasteiger partial charge in [-0.3, -0.25) is 0 Å². The highest BCUT2D eigenvalue weighted by molar-refractivity contribution is 8.33. The molecule has 0 aromatic heterocycles. The Balaban J connectivity index is 1.65. The monoisotopic (exact) mass is 668 g/mol. The predicted molar refractivity (Wildman–Crippen MR) is 162 cm³/mol. The molecule has 2 bridgehead atoms. The van der Waals surface area contributed by atoms with Crippen molar-refractivity contribution in [1.82, 2.24) is 0 Å². The number of carbonyl (C=O) groups is 1. The minimum Gasteiger partial charge on any atom is -0.481 e. The number of benzene rings is 3. The molecule has 0 heterocycles. The van der Waals surface area contributed by atoms with Crippen molar-refractivity contribution < 1.29 is 43.9 Å². The summed E-state index contributed by atoms with van der Waals surface area (Å²) in [5.41, 5.74) is -0.824. The lowest BCUT2D eigenvalue weighted by Gasteiger charge is -2.42. The summed E-state index contributed by atoms with van der Waals surface area (Å²) >= 11 is 0. The minimum atomic E-state index is -6.34. The maximum absolute atomic E-state index is 16.0. The van der Waals surface area contributed by atoms with Gasteiger partial charge in [0.05, 0.1) is 4.90 Å². The lowest BCUT2D eigenvalue weighted by atomic mass is 9.84. The van der Waals surface area contributed by atoms with Crippen LogP contribution >= 0.6 is 10.3 Å². The number of carbonyl (C=O) groups excluding carboxylic acids is 1. The van der Waals surface area contributed by atoms with Gasteiger partial charge in [0.1, 0.15) is 11.4 Å². The van der Waals surface area contributed by atoms with E-state index in [0.717, 1.165) is 0 Å². The molecule has 3 aromatic rings. The largest absolute Gasteiger partial charge is 0.481 e. The maximum atomic E-state index is 16.0. The summed E-state index contributed by atoms with van der Waals surface area (Å²) in [4.78, 5) is 12.8. The van der Waals surface area contributed by atoms with E-state index in [1.54, 1.807) is 63.2 Å². The first-order valence-corrected chi connectivity index (χ1v) is 17.6. The van der Waals surface area contributed by atoms with Crippen LogP contribution in [-0.2, 0) is 23.3 Å². The van der Waals surface area contributed by atoms with Crippen LogP contribution in [0.15, 0.2) is 99.6 Å². The molecule has 3 atom stereocenters. The van der Waals surface area contributed by atoms with Gasteiger partial charge < -0.3 is 9.47 Å². The van der Waals surface area contributed by atoms with Gasteiger partial charge in [0.15, 0.2) is 6.61 Å². The van der Waals surface area contributed by atoms with Crippen LogP contribution in [0.2, 0.25) is 0 Å². The third kappa shape index (κ3) is 6.33. The quantitative estimate of drug-likeness (QED) is 0.150. The highest BCUT2D eigenvalue weighted by atomic mass is 32.3. The molecular formula is C33H36F4O6S2. The SMILES string of the molecule is CC(C)(C)OC(=O)COc1ccccc1S(OS(=O)(=O)C(F)(F)C(F)(F)C1CC2CCC1C2)(c1ccccc1)c1ccccc1. The Bertz CT molecular complexity index is 1570. The molecule has 2 fully saturated rings. The van der Waals surface area contributed by atoms with Crippen LogP contribution in [0, 0.1) is 17.8 Å². The smallest absolute Gasteiger partial charge is 0.432 e.